The molecule has 1 aromatic heterocycles. The lowest BCUT2D eigenvalue weighted by atomic mass is 10.1. The van der Waals surface area contributed by atoms with Crippen LogP contribution in [0.4, 0.5) is 5.69 Å². The van der Waals surface area contributed by atoms with Gasteiger partial charge in [-0.3, -0.25) is 4.79 Å². The second-order valence-electron chi connectivity index (χ2n) is 7.00. The molecule has 8 heteroatoms. The summed E-state index contributed by atoms with van der Waals surface area (Å²) in [6.07, 6.45) is 1.75. The summed E-state index contributed by atoms with van der Waals surface area (Å²) >= 11 is 0. The molecule has 3 rings (SSSR count). The van der Waals surface area contributed by atoms with E-state index in [1.54, 1.807) is 56.0 Å². The molecule has 2 aromatic carbocycles. The van der Waals surface area contributed by atoms with Crippen molar-refractivity contribution in [3.63, 3.8) is 0 Å². The van der Waals surface area contributed by atoms with Crippen molar-refractivity contribution in [3.8, 4) is 16.9 Å². The van der Waals surface area contributed by atoms with E-state index in [2.05, 4.69) is 5.32 Å². The largest absolute Gasteiger partial charge is 0.497 e. The number of nitrogens with one attached hydrogen (secondary N) is 1. The fourth-order valence-electron chi connectivity index (χ4n) is 3.36. The molecule has 8 nitrogen and oxygen atoms in total. The van der Waals surface area contributed by atoms with Crippen LogP contribution in [0, 0.1) is 0 Å². The number of anilines is 1. The number of aromatic nitrogens is 1. The summed E-state index contributed by atoms with van der Waals surface area (Å²) in [6.45, 7) is 3.86. The molecule has 1 N–H and O–H groups in total. The molecule has 33 heavy (non-hydrogen) atoms. The van der Waals surface area contributed by atoms with Gasteiger partial charge in [-0.1, -0.05) is 42.5 Å². The zero-order valence-corrected chi connectivity index (χ0v) is 18.8. The average Bonchev–Trinajstić information content (AvgIpc) is 3.17. The van der Waals surface area contributed by atoms with Gasteiger partial charge in [-0.05, 0) is 37.1 Å². The Morgan fingerprint density at radius 3 is 2.18 bits per heavy atom. The topological polar surface area (TPSA) is 95.9 Å². The molecule has 0 saturated heterocycles. The molecule has 0 aliphatic heterocycles. The lowest BCUT2D eigenvalue weighted by molar-refractivity contribution is -0.152. The molecule has 3 aromatic rings. The monoisotopic (exact) mass is 450 g/mol. The van der Waals surface area contributed by atoms with E-state index in [0.29, 0.717) is 23.4 Å². The minimum absolute atomic E-state index is 0.0529. The molecule has 0 bridgehead atoms. The van der Waals surface area contributed by atoms with Crippen molar-refractivity contribution < 1.29 is 28.6 Å². The number of esters is 2. The van der Waals surface area contributed by atoms with Gasteiger partial charge in [0, 0.05) is 18.3 Å². The van der Waals surface area contributed by atoms with Gasteiger partial charge in [0.2, 0.25) is 0 Å². The van der Waals surface area contributed by atoms with Crippen LogP contribution in [0.5, 0.6) is 5.75 Å². The van der Waals surface area contributed by atoms with E-state index in [0.717, 1.165) is 5.56 Å². The fraction of sp³-hybridized carbons (Fsp3) is 0.240. The number of benzene rings is 2. The van der Waals surface area contributed by atoms with Gasteiger partial charge < -0.3 is 24.1 Å². The Kier molecular flexibility index (Phi) is 7.86. The highest BCUT2D eigenvalue weighted by atomic mass is 16.5. The van der Waals surface area contributed by atoms with Gasteiger partial charge in [0.05, 0.1) is 26.0 Å². The van der Waals surface area contributed by atoms with Crippen molar-refractivity contribution in [2.75, 3.05) is 25.6 Å². The maximum Gasteiger partial charge on any atom is 0.397 e. The Hall–Kier alpha value is -4.07. The third kappa shape index (κ3) is 5.60. The third-order valence-corrected chi connectivity index (χ3v) is 4.84. The zero-order chi connectivity index (χ0) is 23.8. The molecule has 172 valence electrons. The van der Waals surface area contributed by atoms with Crippen molar-refractivity contribution in [3.05, 3.63) is 72.1 Å². The van der Waals surface area contributed by atoms with Crippen LogP contribution in [0.25, 0.3) is 11.1 Å². The molecule has 1 amide bonds. The van der Waals surface area contributed by atoms with Crippen LogP contribution < -0.4 is 10.1 Å². The minimum Gasteiger partial charge on any atom is -0.497 e. The lowest BCUT2D eigenvalue weighted by Gasteiger charge is -2.12. The summed E-state index contributed by atoms with van der Waals surface area (Å²) in [5, 5.41) is 2.57. The number of hydrogen-bond acceptors (Lipinski definition) is 6. The second-order valence-corrected chi connectivity index (χ2v) is 7.00. The normalized spacial score (nSPS) is 10.4. The first kappa shape index (κ1) is 23.6. The highest BCUT2D eigenvalue weighted by Gasteiger charge is 2.27. The molecule has 0 saturated carbocycles. The zero-order valence-electron chi connectivity index (χ0n) is 18.8. The van der Waals surface area contributed by atoms with Crippen LogP contribution >= 0.6 is 0 Å². The molecule has 0 radical (unpaired) electrons. The van der Waals surface area contributed by atoms with E-state index in [1.807, 2.05) is 30.3 Å². The van der Waals surface area contributed by atoms with Crippen molar-refractivity contribution in [2.45, 2.75) is 20.4 Å². The van der Waals surface area contributed by atoms with Gasteiger partial charge in [-0.2, -0.15) is 0 Å². The van der Waals surface area contributed by atoms with Crippen molar-refractivity contribution >= 4 is 23.5 Å². The summed E-state index contributed by atoms with van der Waals surface area (Å²) in [6, 6.07) is 16.7. The number of rotatable bonds is 8. The van der Waals surface area contributed by atoms with E-state index in [4.69, 9.17) is 14.2 Å². The molecule has 0 fully saturated rings. The summed E-state index contributed by atoms with van der Waals surface area (Å²) in [4.78, 5) is 37.5. The van der Waals surface area contributed by atoms with Crippen LogP contribution in [0.15, 0.2) is 60.8 Å². The van der Waals surface area contributed by atoms with E-state index < -0.39 is 17.8 Å². The third-order valence-electron chi connectivity index (χ3n) is 4.84. The van der Waals surface area contributed by atoms with Crippen LogP contribution in [-0.2, 0) is 25.6 Å². The van der Waals surface area contributed by atoms with Gasteiger partial charge in [-0.25, -0.2) is 9.59 Å². The minimum atomic E-state index is -1.04. The number of ether oxygens (including phenoxy) is 3. The van der Waals surface area contributed by atoms with Crippen molar-refractivity contribution in [1.82, 2.24) is 4.57 Å². The maximum absolute atomic E-state index is 13.0. The Balaban J connectivity index is 2.15. The summed E-state index contributed by atoms with van der Waals surface area (Å²) in [7, 11) is 1.56. The number of amides is 1. The van der Waals surface area contributed by atoms with Gasteiger partial charge in [-0.15, -0.1) is 0 Å². The number of carbonyl (C=O) groups excluding carboxylic acids is 3. The van der Waals surface area contributed by atoms with Crippen LogP contribution in [0.2, 0.25) is 0 Å². The first-order chi connectivity index (χ1) is 16.0. The average molecular weight is 450 g/mol. The predicted molar refractivity (Wildman–Crippen MR) is 123 cm³/mol. The standard InChI is InChI=1S/C25H26N2O6/c1-4-32-24(29)22-21(26-23(28)25(30)33-5-2)20(18-11-13-19(31-3)14-12-18)16-27(22)15-17-9-7-6-8-10-17/h6-14,16H,4-5,15H2,1-3H3,(H,26,28). The maximum atomic E-state index is 13.0. The van der Waals surface area contributed by atoms with Gasteiger partial charge in [0.1, 0.15) is 5.75 Å². The number of carbonyl (C=O) groups is 3. The number of nitrogens with zero attached hydrogens (tertiary/aromatic N) is 1. The summed E-state index contributed by atoms with van der Waals surface area (Å²) in [5.74, 6) is -1.98. The van der Waals surface area contributed by atoms with Crippen molar-refractivity contribution in [2.24, 2.45) is 0 Å². The SMILES string of the molecule is CCOC(=O)C(=O)Nc1c(-c2ccc(OC)cc2)cn(Cc2ccccc2)c1C(=O)OCC. The highest BCUT2D eigenvalue weighted by Crippen LogP contribution is 2.35. The summed E-state index contributed by atoms with van der Waals surface area (Å²) in [5.41, 5.74) is 2.51. The molecule has 0 spiro atoms. The highest BCUT2D eigenvalue weighted by molar-refractivity contribution is 6.38. The first-order valence-electron chi connectivity index (χ1n) is 10.5. The fourth-order valence-corrected chi connectivity index (χ4v) is 3.36. The molecule has 0 atom stereocenters. The Morgan fingerprint density at radius 1 is 0.909 bits per heavy atom. The van der Waals surface area contributed by atoms with E-state index in [9.17, 15) is 14.4 Å². The van der Waals surface area contributed by atoms with E-state index in [-0.39, 0.29) is 24.6 Å². The van der Waals surface area contributed by atoms with E-state index in [1.165, 1.54) is 0 Å². The van der Waals surface area contributed by atoms with Gasteiger partial charge in [0.15, 0.2) is 5.69 Å². The second kappa shape index (κ2) is 11.0. The predicted octanol–water partition coefficient (Wildman–Crippen LogP) is 3.89. The lowest BCUT2D eigenvalue weighted by Crippen LogP contribution is -2.26. The van der Waals surface area contributed by atoms with Crippen LogP contribution in [0.3, 0.4) is 0 Å². The van der Waals surface area contributed by atoms with Crippen molar-refractivity contribution in [1.29, 1.82) is 0 Å². The first-order valence-corrected chi connectivity index (χ1v) is 10.5. The molecule has 1 heterocycles. The Labute approximate surface area is 192 Å². The molecular weight excluding hydrogens is 424 g/mol. The quantitative estimate of drug-likeness (QED) is 0.413. The summed E-state index contributed by atoms with van der Waals surface area (Å²) < 4.78 is 17.0. The smallest absolute Gasteiger partial charge is 0.397 e. The molecular formula is C25H26N2O6. The number of hydrogen-bond donors (Lipinski definition) is 1. The van der Waals surface area contributed by atoms with Gasteiger partial charge >= 0.3 is 17.8 Å². The Bertz CT molecular complexity index is 1120. The number of methoxy groups -OCH3 is 1. The Morgan fingerprint density at radius 2 is 1.58 bits per heavy atom. The molecule has 0 unspecified atom stereocenters. The van der Waals surface area contributed by atoms with E-state index >= 15 is 0 Å². The molecule has 0 aliphatic carbocycles. The molecule has 0 aliphatic rings. The van der Waals surface area contributed by atoms with Crippen LogP contribution in [0.1, 0.15) is 29.9 Å². The van der Waals surface area contributed by atoms with Crippen LogP contribution in [-0.4, -0.2) is 42.7 Å². The van der Waals surface area contributed by atoms with Gasteiger partial charge in [0.25, 0.3) is 0 Å².